The molecule has 2 N–H and O–H groups in total. The standard InChI is InChI=1S/C12H12ClNO2S/c13-10-5-7-11(8-6-10)17-9-3-1-2-4-12(15)14-16/h1-8,16H,9H2,(H,14,15)/b3-1+,4-2+. The predicted octanol–water partition coefficient (Wildman–Crippen LogP) is 3.05. The topological polar surface area (TPSA) is 49.3 Å². The van der Waals surface area contributed by atoms with Crippen LogP contribution in [0.15, 0.2) is 53.5 Å². The Hall–Kier alpha value is -1.23. The molecule has 0 aliphatic rings. The number of hydrogen-bond donors (Lipinski definition) is 2. The fourth-order valence-corrected chi connectivity index (χ4v) is 1.84. The summed E-state index contributed by atoms with van der Waals surface area (Å²) in [4.78, 5) is 11.7. The molecule has 0 unspecified atom stereocenters. The molecule has 1 rings (SSSR count). The highest BCUT2D eigenvalue weighted by Gasteiger charge is 1.91. The van der Waals surface area contributed by atoms with Crippen molar-refractivity contribution >= 4 is 29.3 Å². The lowest BCUT2D eigenvalue weighted by Gasteiger charge is -1.97. The van der Waals surface area contributed by atoms with Crippen LogP contribution in [0.25, 0.3) is 0 Å². The first-order valence-corrected chi connectivity index (χ1v) is 6.24. The number of benzene rings is 1. The van der Waals surface area contributed by atoms with Gasteiger partial charge in [0.1, 0.15) is 0 Å². The fourth-order valence-electron chi connectivity index (χ4n) is 0.990. The van der Waals surface area contributed by atoms with Gasteiger partial charge in [0, 0.05) is 21.7 Å². The van der Waals surface area contributed by atoms with Crippen molar-refractivity contribution in [2.45, 2.75) is 4.90 Å². The first-order chi connectivity index (χ1) is 8.22. The second-order valence-electron chi connectivity index (χ2n) is 3.03. The number of hydroxylamine groups is 1. The number of thioether (sulfide) groups is 1. The summed E-state index contributed by atoms with van der Waals surface area (Å²) in [5.41, 5.74) is 1.51. The molecule has 0 fully saturated rings. The Morgan fingerprint density at radius 1 is 1.35 bits per heavy atom. The van der Waals surface area contributed by atoms with Crippen LogP contribution in [0.1, 0.15) is 0 Å². The van der Waals surface area contributed by atoms with Crippen LogP contribution in [0.5, 0.6) is 0 Å². The zero-order valence-corrected chi connectivity index (χ0v) is 10.5. The number of rotatable bonds is 5. The minimum atomic E-state index is -0.542. The lowest BCUT2D eigenvalue weighted by Crippen LogP contribution is -2.14. The molecule has 0 aliphatic heterocycles. The molecule has 0 spiro atoms. The van der Waals surface area contributed by atoms with Gasteiger partial charge in [-0.3, -0.25) is 10.0 Å². The summed E-state index contributed by atoms with van der Waals surface area (Å²) in [6.45, 7) is 0. The molecule has 1 aromatic carbocycles. The minimum absolute atomic E-state index is 0.542. The normalized spacial score (nSPS) is 11.2. The SMILES string of the molecule is O=C(/C=C/C=C/CSc1ccc(Cl)cc1)NO. The predicted molar refractivity (Wildman–Crippen MR) is 70.4 cm³/mol. The van der Waals surface area contributed by atoms with Crippen LogP contribution >= 0.6 is 23.4 Å². The molecular formula is C12H12ClNO2S. The third-order valence-corrected chi connectivity index (χ3v) is 2.98. The van der Waals surface area contributed by atoms with Crippen LogP contribution in [0, 0.1) is 0 Å². The molecule has 3 nitrogen and oxygen atoms in total. The Bertz CT molecular complexity index is 415. The summed E-state index contributed by atoms with van der Waals surface area (Å²) >= 11 is 7.43. The van der Waals surface area contributed by atoms with Gasteiger partial charge in [0.05, 0.1) is 0 Å². The second kappa shape index (κ2) is 7.95. The summed E-state index contributed by atoms with van der Waals surface area (Å²) in [7, 11) is 0. The van der Waals surface area contributed by atoms with Crippen molar-refractivity contribution < 1.29 is 10.0 Å². The van der Waals surface area contributed by atoms with Crippen LogP contribution in [-0.2, 0) is 4.79 Å². The average molecular weight is 270 g/mol. The number of nitrogens with one attached hydrogen (secondary N) is 1. The van der Waals surface area contributed by atoms with Gasteiger partial charge >= 0.3 is 0 Å². The van der Waals surface area contributed by atoms with E-state index in [0.29, 0.717) is 0 Å². The van der Waals surface area contributed by atoms with Gasteiger partial charge in [-0.05, 0) is 24.3 Å². The lowest BCUT2D eigenvalue weighted by atomic mass is 10.4. The lowest BCUT2D eigenvalue weighted by molar-refractivity contribution is -0.124. The van der Waals surface area contributed by atoms with Gasteiger partial charge in [-0.2, -0.15) is 0 Å². The van der Waals surface area contributed by atoms with Crippen LogP contribution in [-0.4, -0.2) is 16.9 Å². The van der Waals surface area contributed by atoms with Crippen LogP contribution < -0.4 is 5.48 Å². The van der Waals surface area contributed by atoms with Crippen molar-refractivity contribution in [1.82, 2.24) is 5.48 Å². The van der Waals surface area contributed by atoms with E-state index >= 15 is 0 Å². The van der Waals surface area contributed by atoms with E-state index < -0.39 is 5.91 Å². The molecular weight excluding hydrogens is 258 g/mol. The van der Waals surface area contributed by atoms with Crippen molar-refractivity contribution in [3.8, 4) is 0 Å². The quantitative estimate of drug-likeness (QED) is 0.284. The van der Waals surface area contributed by atoms with Gasteiger partial charge in [-0.1, -0.05) is 29.8 Å². The smallest absolute Gasteiger partial charge is 0.267 e. The summed E-state index contributed by atoms with van der Waals surface area (Å²) < 4.78 is 0. The Labute approximate surface area is 109 Å². The number of amides is 1. The van der Waals surface area contributed by atoms with Gasteiger partial charge in [-0.15, -0.1) is 11.8 Å². The first-order valence-electron chi connectivity index (χ1n) is 4.88. The third kappa shape index (κ3) is 6.16. The van der Waals surface area contributed by atoms with E-state index in [-0.39, 0.29) is 0 Å². The zero-order valence-electron chi connectivity index (χ0n) is 8.97. The molecule has 0 radical (unpaired) electrons. The van der Waals surface area contributed by atoms with E-state index in [1.54, 1.807) is 23.9 Å². The molecule has 0 bridgehead atoms. The maximum absolute atomic E-state index is 10.6. The Morgan fingerprint density at radius 2 is 2.06 bits per heavy atom. The summed E-state index contributed by atoms with van der Waals surface area (Å²) in [6, 6.07) is 7.60. The molecule has 1 aromatic rings. The average Bonchev–Trinajstić information content (AvgIpc) is 2.35. The maximum Gasteiger partial charge on any atom is 0.267 e. The van der Waals surface area contributed by atoms with Crippen molar-refractivity contribution in [3.05, 3.63) is 53.6 Å². The van der Waals surface area contributed by atoms with E-state index in [1.807, 2.05) is 30.3 Å². The Morgan fingerprint density at radius 3 is 2.71 bits per heavy atom. The highest BCUT2D eigenvalue weighted by molar-refractivity contribution is 7.99. The highest BCUT2D eigenvalue weighted by Crippen LogP contribution is 2.20. The highest BCUT2D eigenvalue weighted by atomic mass is 35.5. The van der Waals surface area contributed by atoms with Gasteiger partial charge in [-0.25, -0.2) is 5.48 Å². The van der Waals surface area contributed by atoms with E-state index in [9.17, 15) is 4.79 Å². The maximum atomic E-state index is 10.6. The molecule has 0 aromatic heterocycles. The van der Waals surface area contributed by atoms with Crippen LogP contribution in [0.2, 0.25) is 5.02 Å². The molecule has 0 heterocycles. The van der Waals surface area contributed by atoms with Crippen molar-refractivity contribution in [1.29, 1.82) is 0 Å². The van der Waals surface area contributed by atoms with Crippen LogP contribution in [0.3, 0.4) is 0 Å². The number of allylic oxidation sites excluding steroid dienone is 2. The fraction of sp³-hybridized carbons (Fsp3) is 0.0833. The monoisotopic (exact) mass is 269 g/mol. The van der Waals surface area contributed by atoms with E-state index in [1.165, 1.54) is 11.6 Å². The largest absolute Gasteiger partial charge is 0.288 e. The minimum Gasteiger partial charge on any atom is -0.288 e. The molecule has 0 saturated heterocycles. The van der Waals surface area contributed by atoms with Gasteiger partial charge in [0.15, 0.2) is 0 Å². The number of carbonyl (C=O) groups is 1. The Balaban J connectivity index is 2.28. The molecule has 0 saturated carbocycles. The number of hydrogen-bond acceptors (Lipinski definition) is 3. The van der Waals surface area contributed by atoms with Gasteiger partial charge in [0.25, 0.3) is 5.91 Å². The summed E-state index contributed by atoms with van der Waals surface area (Å²) in [5.74, 6) is 0.257. The van der Waals surface area contributed by atoms with E-state index in [4.69, 9.17) is 16.8 Å². The zero-order chi connectivity index (χ0) is 12.5. The third-order valence-electron chi connectivity index (χ3n) is 1.76. The van der Waals surface area contributed by atoms with Crippen LogP contribution in [0.4, 0.5) is 0 Å². The second-order valence-corrected chi connectivity index (χ2v) is 4.56. The molecule has 0 atom stereocenters. The van der Waals surface area contributed by atoms with Gasteiger partial charge < -0.3 is 0 Å². The van der Waals surface area contributed by atoms with Crippen molar-refractivity contribution in [2.75, 3.05) is 5.75 Å². The number of halogens is 1. The van der Waals surface area contributed by atoms with Crippen molar-refractivity contribution in [3.63, 3.8) is 0 Å². The van der Waals surface area contributed by atoms with E-state index in [0.717, 1.165) is 15.7 Å². The van der Waals surface area contributed by atoms with Crippen molar-refractivity contribution in [2.24, 2.45) is 0 Å². The first kappa shape index (κ1) is 13.8. The molecule has 0 aliphatic carbocycles. The summed E-state index contributed by atoms with van der Waals surface area (Å²) in [5, 5.41) is 8.94. The Kier molecular flexibility index (Phi) is 6.47. The molecule has 1 amide bonds. The molecule has 5 heteroatoms. The molecule has 90 valence electrons. The molecule has 17 heavy (non-hydrogen) atoms. The number of carbonyl (C=O) groups excluding carboxylic acids is 1. The van der Waals surface area contributed by atoms with Gasteiger partial charge in [0.2, 0.25) is 0 Å². The summed E-state index contributed by atoms with van der Waals surface area (Å²) in [6.07, 6.45) is 6.47. The van der Waals surface area contributed by atoms with E-state index in [2.05, 4.69) is 0 Å².